The third kappa shape index (κ3) is 6.79. The molecule has 0 saturated heterocycles. The van der Waals surface area contributed by atoms with Crippen molar-refractivity contribution < 1.29 is 19.1 Å². The van der Waals surface area contributed by atoms with Gasteiger partial charge in [-0.25, -0.2) is 4.79 Å². The first kappa shape index (κ1) is 21.0. The highest BCUT2D eigenvalue weighted by Crippen LogP contribution is 2.14. The molecule has 0 radical (unpaired) electrons. The summed E-state index contributed by atoms with van der Waals surface area (Å²) in [5.41, 5.74) is 6.22. The number of carbonyl (C=O) groups excluding carboxylic acids is 3. The van der Waals surface area contributed by atoms with E-state index in [1.54, 1.807) is 32.9 Å². The second-order valence-corrected chi connectivity index (χ2v) is 7.33. The van der Waals surface area contributed by atoms with Crippen molar-refractivity contribution in [3.8, 4) is 5.69 Å². The zero-order chi connectivity index (χ0) is 20.7. The molecule has 0 spiro atoms. The van der Waals surface area contributed by atoms with Crippen LogP contribution in [0, 0.1) is 0 Å². The second kappa shape index (κ2) is 9.07. The highest BCUT2D eigenvalue weighted by atomic mass is 16.6. The summed E-state index contributed by atoms with van der Waals surface area (Å²) in [6, 6.07) is 10.2. The van der Waals surface area contributed by atoms with E-state index in [2.05, 4.69) is 10.6 Å². The third-order valence-electron chi connectivity index (χ3n) is 3.75. The Balaban J connectivity index is 1.85. The topological polar surface area (TPSA) is 115 Å². The number of carbonyl (C=O) groups is 3. The lowest BCUT2D eigenvalue weighted by Gasteiger charge is -2.22. The van der Waals surface area contributed by atoms with Gasteiger partial charge in [-0.2, -0.15) is 0 Å². The van der Waals surface area contributed by atoms with Crippen molar-refractivity contribution in [1.29, 1.82) is 0 Å². The van der Waals surface area contributed by atoms with Crippen LogP contribution in [0.2, 0.25) is 0 Å². The molecule has 1 heterocycles. The van der Waals surface area contributed by atoms with Crippen LogP contribution in [0.4, 0.5) is 10.5 Å². The Hall–Kier alpha value is -3.29. The number of nitrogens with one attached hydrogen (secondary N) is 2. The highest BCUT2D eigenvalue weighted by Gasteiger charge is 2.23. The fourth-order valence-corrected chi connectivity index (χ4v) is 2.46. The van der Waals surface area contributed by atoms with Gasteiger partial charge in [0.25, 0.3) is 0 Å². The molecule has 2 rings (SSSR count). The maximum absolute atomic E-state index is 12.2. The first-order valence-electron chi connectivity index (χ1n) is 8.96. The van der Waals surface area contributed by atoms with Crippen LogP contribution in [0.5, 0.6) is 0 Å². The van der Waals surface area contributed by atoms with Gasteiger partial charge in [0.05, 0.1) is 0 Å². The summed E-state index contributed by atoms with van der Waals surface area (Å²) in [6.45, 7) is 5.13. The number of hydrogen-bond acceptors (Lipinski definition) is 4. The van der Waals surface area contributed by atoms with Crippen LogP contribution in [0.1, 0.15) is 33.6 Å². The predicted octanol–water partition coefficient (Wildman–Crippen LogP) is 2.57. The van der Waals surface area contributed by atoms with Crippen molar-refractivity contribution in [1.82, 2.24) is 9.88 Å². The monoisotopic (exact) mass is 386 g/mol. The Morgan fingerprint density at radius 1 is 1.11 bits per heavy atom. The van der Waals surface area contributed by atoms with Crippen LogP contribution in [-0.2, 0) is 14.3 Å². The standard InChI is InChI=1S/C20H26N4O4/c1-20(2,3)28-19(27)23-16(18(21)26)10-11-17(25)22-14-6-8-15(9-7-14)24-12-4-5-13-24/h4-9,12-13,16H,10-11H2,1-3H3,(H2,21,26)(H,22,25)(H,23,27)/t16-/m0/s1. The lowest BCUT2D eigenvalue weighted by Crippen LogP contribution is -2.46. The Morgan fingerprint density at radius 3 is 2.25 bits per heavy atom. The van der Waals surface area contributed by atoms with Crippen LogP contribution < -0.4 is 16.4 Å². The van der Waals surface area contributed by atoms with Crippen LogP contribution in [0.3, 0.4) is 0 Å². The number of aromatic nitrogens is 1. The van der Waals surface area contributed by atoms with Crippen LogP contribution in [0.15, 0.2) is 48.8 Å². The molecule has 28 heavy (non-hydrogen) atoms. The van der Waals surface area contributed by atoms with Crippen molar-refractivity contribution in [2.75, 3.05) is 5.32 Å². The van der Waals surface area contributed by atoms with Crippen LogP contribution >= 0.6 is 0 Å². The lowest BCUT2D eigenvalue weighted by molar-refractivity contribution is -0.120. The molecule has 0 aliphatic heterocycles. The van der Waals surface area contributed by atoms with E-state index in [1.807, 2.05) is 41.2 Å². The molecule has 1 aromatic carbocycles. The molecule has 4 N–H and O–H groups in total. The number of amides is 3. The minimum absolute atomic E-state index is 0.0166. The molecule has 0 bridgehead atoms. The highest BCUT2D eigenvalue weighted by molar-refractivity contribution is 5.91. The molecule has 3 amide bonds. The van der Waals surface area contributed by atoms with E-state index in [1.165, 1.54) is 0 Å². The average molecular weight is 386 g/mol. The van der Waals surface area contributed by atoms with E-state index in [0.29, 0.717) is 5.69 Å². The summed E-state index contributed by atoms with van der Waals surface area (Å²) in [6.07, 6.45) is 3.19. The Morgan fingerprint density at radius 2 is 1.71 bits per heavy atom. The maximum Gasteiger partial charge on any atom is 0.408 e. The van der Waals surface area contributed by atoms with Gasteiger partial charge in [-0.1, -0.05) is 0 Å². The fraction of sp³-hybridized carbons (Fsp3) is 0.350. The van der Waals surface area contributed by atoms with Gasteiger partial charge in [0.15, 0.2) is 0 Å². The number of hydrogen-bond donors (Lipinski definition) is 3. The third-order valence-corrected chi connectivity index (χ3v) is 3.75. The van der Waals surface area contributed by atoms with Gasteiger partial charge in [0.2, 0.25) is 11.8 Å². The quantitative estimate of drug-likeness (QED) is 0.678. The zero-order valence-corrected chi connectivity index (χ0v) is 16.3. The molecule has 0 aliphatic carbocycles. The van der Waals surface area contributed by atoms with Gasteiger partial charge < -0.3 is 25.7 Å². The van der Waals surface area contributed by atoms with Gasteiger partial charge in [0.1, 0.15) is 11.6 Å². The number of primary amides is 1. The molecule has 0 unspecified atom stereocenters. The maximum atomic E-state index is 12.2. The summed E-state index contributed by atoms with van der Waals surface area (Å²) in [4.78, 5) is 35.5. The Labute approximate surface area is 164 Å². The van der Waals surface area contributed by atoms with E-state index in [-0.39, 0.29) is 18.7 Å². The summed E-state index contributed by atoms with van der Waals surface area (Å²) < 4.78 is 7.05. The Kier molecular flexibility index (Phi) is 6.81. The predicted molar refractivity (Wildman–Crippen MR) is 106 cm³/mol. The second-order valence-electron chi connectivity index (χ2n) is 7.33. The average Bonchev–Trinajstić information content (AvgIpc) is 3.12. The molecule has 150 valence electrons. The molecular formula is C20H26N4O4. The van der Waals surface area contributed by atoms with Gasteiger partial charge in [-0.15, -0.1) is 0 Å². The molecule has 0 aliphatic rings. The fourth-order valence-electron chi connectivity index (χ4n) is 2.46. The summed E-state index contributed by atoms with van der Waals surface area (Å²) in [5, 5.41) is 5.15. The van der Waals surface area contributed by atoms with Gasteiger partial charge in [-0.3, -0.25) is 9.59 Å². The molecule has 0 fully saturated rings. The number of anilines is 1. The number of alkyl carbamates (subject to hydrolysis) is 1. The van der Waals surface area contributed by atoms with Crippen molar-refractivity contribution in [2.24, 2.45) is 5.73 Å². The minimum Gasteiger partial charge on any atom is -0.444 e. The molecule has 1 atom stereocenters. The number of ether oxygens (including phenoxy) is 1. The SMILES string of the molecule is CC(C)(C)OC(=O)N[C@@H](CCC(=O)Nc1ccc(-n2cccc2)cc1)C(N)=O. The van der Waals surface area contributed by atoms with Crippen molar-refractivity contribution in [2.45, 2.75) is 45.3 Å². The smallest absolute Gasteiger partial charge is 0.408 e. The molecule has 8 nitrogen and oxygen atoms in total. The summed E-state index contributed by atoms with van der Waals surface area (Å²) in [5.74, 6) is -1.01. The normalized spacial score (nSPS) is 12.1. The molecule has 1 aromatic heterocycles. The molecule has 8 heteroatoms. The van der Waals surface area contributed by atoms with Crippen molar-refractivity contribution >= 4 is 23.6 Å². The lowest BCUT2D eigenvalue weighted by atomic mass is 10.1. The van der Waals surface area contributed by atoms with E-state index >= 15 is 0 Å². The number of nitrogens with two attached hydrogens (primary N) is 1. The summed E-state index contributed by atoms with van der Waals surface area (Å²) >= 11 is 0. The minimum atomic E-state index is -0.989. The Bertz CT molecular complexity index is 808. The largest absolute Gasteiger partial charge is 0.444 e. The number of rotatable bonds is 7. The zero-order valence-electron chi connectivity index (χ0n) is 16.3. The first-order valence-corrected chi connectivity index (χ1v) is 8.96. The number of benzene rings is 1. The van der Waals surface area contributed by atoms with E-state index in [4.69, 9.17) is 10.5 Å². The number of nitrogens with zero attached hydrogens (tertiary/aromatic N) is 1. The van der Waals surface area contributed by atoms with E-state index in [9.17, 15) is 14.4 Å². The molecule has 0 saturated carbocycles. The van der Waals surface area contributed by atoms with Crippen LogP contribution in [0.25, 0.3) is 5.69 Å². The van der Waals surface area contributed by atoms with Gasteiger partial charge in [-0.05, 0) is 63.6 Å². The van der Waals surface area contributed by atoms with E-state index in [0.717, 1.165) is 5.69 Å². The van der Waals surface area contributed by atoms with E-state index < -0.39 is 23.6 Å². The van der Waals surface area contributed by atoms with Crippen LogP contribution in [-0.4, -0.2) is 34.1 Å². The van der Waals surface area contributed by atoms with Gasteiger partial charge >= 0.3 is 6.09 Å². The van der Waals surface area contributed by atoms with Crippen molar-refractivity contribution in [3.05, 3.63) is 48.8 Å². The van der Waals surface area contributed by atoms with Crippen molar-refractivity contribution in [3.63, 3.8) is 0 Å². The van der Waals surface area contributed by atoms with Gasteiger partial charge in [0, 0.05) is 30.2 Å². The first-order chi connectivity index (χ1) is 13.1. The summed E-state index contributed by atoms with van der Waals surface area (Å²) in [7, 11) is 0. The molecular weight excluding hydrogens is 360 g/mol. The molecule has 2 aromatic rings.